The Kier molecular flexibility index (Phi) is 8.76. The summed E-state index contributed by atoms with van der Waals surface area (Å²) < 4.78 is 25.4. The van der Waals surface area contributed by atoms with Crippen molar-refractivity contribution in [3.63, 3.8) is 0 Å². The average molecular weight is 519 g/mol. The number of methoxy groups -OCH3 is 1. The minimum absolute atomic E-state index is 0.00948. The van der Waals surface area contributed by atoms with E-state index in [-0.39, 0.29) is 18.3 Å². The lowest BCUT2D eigenvalue weighted by molar-refractivity contribution is 0.0549. The van der Waals surface area contributed by atoms with Gasteiger partial charge < -0.3 is 19.1 Å². The minimum Gasteiger partial charge on any atom is -0.497 e. The van der Waals surface area contributed by atoms with E-state index in [0.29, 0.717) is 18.9 Å². The topological polar surface area (TPSA) is 95.2 Å². The first-order valence-electron chi connectivity index (χ1n) is 12.6. The number of rotatable bonds is 8. The highest BCUT2D eigenvalue weighted by Gasteiger charge is 2.28. The molecule has 2 aliphatic rings. The van der Waals surface area contributed by atoms with Crippen LogP contribution in [0.15, 0.2) is 21.6 Å². The number of hydrogen-bond acceptors (Lipinski definition) is 8. The predicted molar refractivity (Wildman–Crippen MR) is 137 cm³/mol. The number of amides is 1. The standard InChI is InChI=1S/C25H38N6O4S/c1-18-14-21(34-5)15-19(2)23(18)36(33)29(4)17-22-26-24(35-27-22)25(32)31-12-10-30(11-13-31)16-20-6-8-28(3)9-7-20/h14-15,20H,6-13,16-17H2,1-5H3. The van der Waals surface area contributed by atoms with Gasteiger partial charge in [0.2, 0.25) is 0 Å². The third-order valence-electron chi connectivity index (χ3n) is 7.16. The quantitative estimate of drug-likeness (QED) is 0.523. The summed E-state index contributed by atoms with van der Waals surface area (Å²) >= 11 is 0. The largest absolute Gasteiger partial charge is 0.497 e. The Bertz CT molecular complexity index is 1050. The van der Waals surface area contributed by atoms with Gasteiger partial charge in [0.1, 0.15) is 16.7 Å². The lowest BCUT2D eigenvalue weighted by atomic mass is 9.96. The Morgan fingerprint density at radius 3 is 2.39 bits per heavy atom. The second-order valence-corrected chi connectivity index (χ2v) is 11.5. The highest BCUT2D eigenvalue weighted by atomic mass is 32.2. The summed E-state index contributed by atoms with van der Waals surface area (Å²) in [5.41, 5.74) is 1.77. The number of aromatic nitrogens is 2. The number of carbonyl (C=O) groups is 1. The Labute approximate surface area is 216 Å². The zero-order valence-electron chi connectivity index (χ0n) is 22.0. The van der Waals surface area contributed by atoms with Gasteiger partial charge in [-0.3, -0.25) is 9.69 Å². The van der Waals surface area contributed by atoms with Crippen LogP contribution in [0.2, 0.25) is 0 Å². The number of nitrogens with zero attached hydrogens (tertiary/aromatic N) is 6. The number of piperazine rings is 1. The number of likely N-dealkylation sites (tertiary alicyclic amines) is 1. The summed E-state index contributed by atoms with van der Waals surface area (Å²) in [6.45, 7) is 10.5. The van der Waals surface area contributed by atoms with Gasteiger partial charge in [-0.25, -0.2) is 8.51 Å². The van der Waals surface area contributed by atoms with Gasteiger partial charge in [0.15, 0.2) is 5.82 Å². The molecule has 2 aliphatic heterocycles. The number of carbonyl (C=O) groups excluding carboxylic acids is 1. The Morgan fingerprint density at radius 1 is 1.14 bits per heavy atom. The maximum Gasteiger partial charge on any atom is 0.316 e. The summed E-state index contributed by atoms with van der Waals surface area (Å²) in [5.74, 6) is 1.56. The van der Waals surface area contributed by atoms with Crippen molar-refractivity contribution in [2.45, 2.75) is 38.1 Å². The highest BCUT2D eigenvalue weighted by Crippen LogP contribution is 2.26. The molecule has 2 aromatic rings. The number of piperidine rings is 1. The fraction of sp³-hybridized carbons (Fsp3) is 0.640. The molecule has 198 valence electrons. The second kappa shape index (κ2) is 11.8. The third kappa shape index (κ3) is 6.31. The molecule has 0 saturated carbocycles. The average Bonchev–Trinajstić information content (AvgIpc) is 3.33. The van der Waals surface area contributed by atoms with Gasteiger partial charge in [-0.2, -0.15) is 4.98 Å². The maximum absolute atomic E-state index is 13.2. The molecule has 3 heterocycles. The zero-order valence-corrected chi connectivity index (χ0v) is 22.8. The van der Waals surface area contributed by atoms with Crippen LogP contribution in [0.3, 0.4) is 0 Å². The fourth-order valence-corrected chi connectivity index (χ4v) is 6.21. The van der Waals surface area contributed by atoms with E-state index in [2.05, 4.69) is 27.0 Å². The molecule has 1 aromatic heterocycles. The highest BCUT2D eigenvalue weighted by molar-refractivity contribution is 7.82. The van der Waals surface area contributed by atoms with Crippen molar-refractivity contribution in [2.75, 3.05) is 67.0 Å². The van der Waals surface area contributed by atoms with Crippen LogP contribution in [0.5, 0.6) is 5.75 Å². The number of benzene rings is 1. The van der Waals surface area contributed by atoms with Gasteiger partial charge in [-0.05, 0) is 76.0 Å². The van der Waals surface area contributed by atoms with E-state index in [1.54, 1.807) is 23.4 Å². The summed E-state index contributed by atoms with van der Waals surface area (Å²) in [7, 11) is 4.11. The Balaban J connectivity index is 1.29. The van der Waals surface area contributed by atoms with E-state index in [0.717, 1.165) is 47.3 Å². The molecule has 1 atom stereocenters. The molecule has 0 bridgehead atoms. The van der Waals surface area contributed by atoms with Crippen LogP contribution in [-0.2, 0) is 17.5 Å². The minimum atomic E-state index is -1.42. The van der Waals surface area contributed by atoms with Crippen molar-refractivity contribution < 1.29 is 18.3 Å². The number of aryl methyl sites for hydroxylation is 2. The van der Waals surface area contributed by atoms with Gasteiger partial charge >= 0.3 is 11.8 Å². The molecule has 10 nitrogen and oxygen atoms in total. The van der Waals surface area contributed by atoms with Crippen molar-refractivity contribution in [3.8, 4) is 5.75 Å². The van der Waals surface area contributed by atoms with Crippen LogP contribution < -0.4 is 4.74 Å². The summed E-state index contributed by atoms with van der Waals surface area (Å²) in [4.78, 5) is 24.6. The monoisotopic (exact) mass is 518 g/mol. The molecule has 11 heteroatoms. The van der Waals surface area contributed by atoms with Crippen LogP contribution in [-0.4, -0.2) is 106 Å². The third-order valence-corrected chi connectivity index (χ3v) is 8.84. The van der Waals surface area contributed by atoms with Crippen LogP contribution in [0.25, 0.3) is 0 Å². The molecule has 2 fully saturated rings. The second-order valence-electron chi connectivity index (χ2n) is 9.98. The van der Waals surface area contributed by atoms with Crippen LogP contribution >= 0.6 is 0 Å². The fourth-order valence-electron chi connectivity index (χ4n) is 5.00. The first kappa shape index (κ1) is 26.7. The van der Waals surface area contributed by atoms with E-state index in [9.17, 15) is 9.00 Å². The number of hydrogen-bond donors (Lipinski definition) is 0. The molecular formula is C25H38N6O4S. The summed E-state index contributed by atoms with van der Waals surface area (Å²) in [6.07, 6.45) is 2.49. The molecule has 0 radical (unpaired) electrons. The van der Waals surface area contributed by atoms with E-state index in [1.807, 2.05) is 26.0 Å². The SMILES string of the molecule is COc1cc(C)c(S(=O)N(C)Cc2noc(C(=O)N3CCN(CC4CCN(C)CC4)CC3)n2)c(C)c1. The lowest BCUT2D eigenvalue weighted by Gasteiger charge is -2.37. The van der Waals surface area contributed by atoms with Crippen molar-refractivity contribution in [3.05, 3.63) is 35.0 Å². The number of ether oxygens (including phenoxy) is 1. The van der Waals surface area contributed by atoms with Gasteiger partial charge in [0, 0.05) is 39.8 Å². The molecule has 4 rings (SSSR count). The van der Waals surface area contributed by atoms with Crippen molar-refractivity contribution in [1.82, 2.24) is 29.1 Å². The summed E-state index contributed by atoms with van der Waals surface area (Å²) in [6, 6.07) is 3.74. The molecular weight excluding hydrogens is 480 g/mol. The molecule has 36 heavy (non-hydrogen) atoms. The van der Waals surface area contributed by atoms with Crippen LogP contribution in [0, 0.1) is 19.8 Å². The van der Waals surface area contributed by atoms with Crippen molar-refractivity contribution in [1.29, 1.82) is 0 Å². The van der Waals surface area contributed by atoms with Gasteiger partial charge in [-0.1, -0.05) is 5.16 Å². The smallest absolute Gasteiger partial charge is 0.316 e. The maximum atomic E-state index is 13.2. The molecule has 1 aromatic carbocycles. The molecule has 1 unspecified atom stereocenters. The van der Waals surface area contributed by atoms with Gasteiger partial charge in [0.25, 0.3) is 0 Å². The van der Waals surface area contributed by atoms with Gasteiger partial charge in [-0.15, -0.1) is 0 Å². The zero-order chi connectivity index (χ0) is 25.8. The molecule has 0 spiro atoms. The summed E-state index contributed by atoms with van der Waals surface area (Å²) in [5, 5.41) is 3.97. The molecule has 2 saturated heterocycles. The first-order chi connectivity index (χ1) is 17.2. The van der Waals surface area contributed by atoms with Crippen LogP contribution in [0.4, 0.5) is 0 Å². The lowest BCUT2D eigenvalue weighted by Crippen LogP contribution is -2.50. The van der Waals surface area contributed by atoms with Crippen molar-refractivity contribution >= 4 is 16.9 Å². The molecule has 1 amide bonds. The molecule has 0 aliphatic carbocycles. The predicted octanol–water partition coefficient (Wildman–Crippen LogP) is 1.95. The molecule has 0 N–H and O–H groups in total. The normalized spacial score (nSPS) is 19.1. The van der Waals surface area contributed by atoms with E-state index in [1.165, 1.54) is 25.9 Å². The first-order valence-corrected chi connectivity index (χ1v) is 13.7. The Hall–Kier alpha value is -2.34. The van der Waals surface area contributed by atoms with E-state index >= 15 is 0 Å². The van der Waals surface area contributed by atoms with Gasteiger partial charge in [0.05, 0.1) is 18.6 Å². The van der Waals surface area contributed by atoms with Crippen molar-refractivity contribution in [2.24, 2.45) is 5.92 Å². The Morgan fingerprint density at radius 2 is 1.78 bits per heavy atom. The van der Waals surface area contributed by atoms with E-state index < -0.39 is 11.0 Å². The van der Waals surface area contributed by atoms with E-state index in [4.69, 9.17) is 9.26 Å². The van der Waals surface area contributed by atoms with Crippen LogP contribution in [0.1, 0.15) is 40.5 Å².